The van der Waals surface area contributed by atoms with Gasteiger partial charge in [-0.2, -0.15) is 0 Å². The monoisotopic (exact) mass is 802 g/mol. The van der Waals surface area contributed by atoms with E-state index in [-0.39, 0.29) is 0 Å². The lowest BCUT2D eigenvalue weighted by Gasteiger charge is -2.13. The first kappa shape index (κ1) is 36.4. The Labute approximate surface area is 365 Å². The van der Waals surface area contributed by atoms with E-state index in [0.717, 1.165) is 50.1 Å². The second kappa shape index (κ2) is 15.2. The molecule has 2 aromatic heterocycles. The molecular weight excluding hydrogens is 765 g/mol. The Kier molecular flexibility index (Phi) is 8.79. The van der Waals surface area contributed by atoms with Crippen LogP contribution in [0.4, 0.5) is 0 Å². The van der Waals surface area contributed by atoms with E-state index in [0.29, 0.717) is 17.5 Å². The smallest absolute Gasteiger partial charge is 0.164 e. The van der Waals surface area contributed by atoms with Gasteiger partial charge in [0, 0.05) is 33.2 Å². The summed E-state index contributed by atoms with van der Waals surface area (Å²) in [5, 5.41) is 7.34. The lowest BCUT2D eigenvalue weighted by molar-refractivity contribution is 1.07. The molecule has 0 amide bonds. The summed E-state index contributed by atoms with van der Waals surface area (Å²) in [6, 6.07) is 81.7. The standard InChI is InChI=1S/C59H38N4/c1-2-15-39(16-3-1)42-18-12-19-43(35-42)40-31-33-41(34-32-40)57-60-58(46-21-13-20-44(36-46)54-38-45-17-4-5-24-49(45)50-25-6-7-26-51(50)54)62-59(61-57)47-22-14-23-48(37-47)63-55-29-10-8-27-52(55)53-28-9-11-30-56(53)63/h1-38H. The second-order valence-corrected chi connectivity index (χ2v) is 16.0. The van der Waals surface area contributed by atoms with Crippen molar-refractivity contribution in [2.24, 2.45) is 0 Å². The summed E-state index contributed by atoms with van der Waals surface area (Å²) in [6.45, 7) is 0. The Morgan fingerprint density at radius 3 is 1.38 bits per heavy atom. The summed E-state index contributed by atoms with van der Waals surface area (Å²) < 4.78 is 2.33. The molecule has 0 spiro atoms. The number of para-hydroxylation sites is 2. The van der Waals surface area contributed by atoms with Gasteiger partial charge in [-0.25, -0.2) is 15.0 Å². The van der Waals surface area contributed by atoms with E-state index in [1.807, 2.05) is 0 Å². The summed E-state index contributed by atoms with van der Waals surface area (Å²) in [4.78, 5) is 15.7. The maximum atomic E-state index is 5.27. The quantitative estimate of drug-likeness (QED) is 0.151. The molecular formula is C59H38N4. The molecule has 0 aliphatic heterocycles. The van der Waals surface area contributed by atoms with Crippen molar-refractivity contribution in [3.8, 4) is 73.2 Å². The van der Waals surface area contributed by atoms with Crippen LogP contribution in [0.5, 0.6) is 0 Å². The van der Waals surface area contributed by atoms with Crippen LogP contribution in [-0.2, 0) is 0 Å². The van der Waals surface area contributed by atoms with Gasteiger partial charge in [-0.3, -0.25) is 0 Å². The molecule has 0 unspecified atom stereocenters. The number of nitrogens with zero attached hydrogens (tertiary/aromatic N) is 4. The molecule has 294 valence electrons. The molecule has 0 bridgehead atoms. The highest BCUT2D eigenvalue weighted by Crippen LogP contribution is 2.38. The predicted octanol–water partition coefficient (Wildman–Crippen LogP) is 15.3. The molecule has 0 N–H and O–H groups in total. The highest BCUT2D eigenvalue weighted by molar-refractivity contribution is 6.14. The van der Waals surface area contributed by atoms with Crippen LogP contribution in [0.2, 0.25) is 0 Å². The van der Waals surface area contributed by atoms with Crippen LogP contribution in [0.25, 0.3) is 117 Å². The number of fused-ring (bicyclic) bond motifs is 6. The summed E-state index contributed by atoms with van der Waals surface area (Å²) >= 11 is 0. The van der Waals surface area contributed by atoms with E-state index >= 15 is 0 Å². The third-order valence-electron chi connectivity index (χ3n) is 12.2. The average molecular weight is 803 g/mol. The molecule has 2 heterocycles. The van der Waals surface area contributed by atoms with Crippen molar-refractivity contribution in [3.05, 3.63) is 231 Å². The Morgan fingerprint density at radius 2 is 0.698 bits per heavy atom. The van der Waals surface area contributed by atoms with Crippen molar-refractivity contribution >= 4 is 43.4 Å². The Morgan fingerprint density at radius 1 is 0.254 bits per heavy atom. The Balaban J connectivity index is 1.00. The van der Waals surface area contributed by atoms with Crippen LogP contribution in [0.1, 0.15) is 0 Å². The molecule has 0 aliphatic rings. The Bertz CT molecular complexity index is 3630. The van der Waals surface area contributed by atoms with E-state index in [1.165, 1.54) is 49.0 Å². The number of rotatable bonds is 7. The first-order valence-corrected chi connectivity index (χ1v) is 21.3. The molecule has 63 heavy (non-hydrogen) atoms. The molecule has 12 aromatic rings. The summed E-state index contributed by atoms with van der Waals surface area (Å²) in [6.07, 6.45) is 0. The van der Waals surface area contributed by atoms with Gasteiger partial charge in [-0.1, -0.05) is 188 Å². The molecule has 0 radical (unpaired) electrons. The minimum Gasteiger partial charge on any atom is -0.309 e. The highest BCUT2D eigenvalue weighted by Gasteiger charge is 2.17. The van der Waals surface area contributed by atoms with Crippen molar-refractivity contribution in [3.63, 3.8) is 0 Å². The molecule has 0 fully saturated rings. The van der Waals surface area contributed by atoms with Gasteiger partial charge >= 0.3 is 0 Å². The minimum absolute atomic E-state index is 0.610. The van der Waals surface area contributed by atoms with E-state index in [4.69, 9.17) is 15.0 Å². The van der Waals surface area contributed by atoms with Crippen molar-refractivity contribution in [2.45, 2.75) is 0 Å². The van der Waals surface area contributed by atoms with Crippen LogP contribution in [0.15, 0.2) is 231 Å². The van der Waals surface area contributed by atoms with E-state index < -0.39 is 0 Å². The van der Waals surface area contributed by atoms with Crippen LogP contribution in [-0.4, -0.2) is 19.5 Å². The lowest BCUT2D eigenvalue weighted by Crippen LogP contribution is -2.01. The zero-order valence-electron chi connectivity index (χ0n) is 34.2. The van der Waals surface area contributed by atoms with Crippen LogP contribution < -0.4 is 0 Å². The molecule has 0 aliphatic carbocycles. The largest absolute Gasteiger partial charge is 0.309 e. The molecule has 10 aromatic carbocycles. The predicted molar refractivity (Wildman–Crippen MR) is 262 cm³/mol. The van der Waals surface area contributed by atoms with Gasteiger partial charge in [-0.15, -0.1) is 0 Å². The fraction of sp³-hybridized carbons (Fsp3) is 0. The van der Waals surface area contributed by atoms with Crippen LogP contribution in [0.3, 0.4) is 0 Å². The molecule has 4 nitrogen and oxygen atoms in total. The van der Waals surface area contributed by atoms with Crippen molar-refractivity contribution in [2.75, 3.05) is 0 Å². The molecule has 0 saturated carbocycles. The number of hydrogen-bond acceptors (Lipinski definition) is 3. The summed E-state index contributed by atoms with van der Waals surface area (Å²) in [5.74, 6) is 1.84. The first-order valence-electron chi connectivity index (χ1n) is 21.3. The maximum absolute atomic E-state index is 5.27. The zero-order chi connectivity index (χ0) is 41.7. The van der Waals surface area contributed by atoms with Gasteiger partial charge in [0.25, 0.3) is 0 Å². The minimum atomic E-state index is 0.610. The molecule has 12 rings (SSSR count). The van der Waals surface area contributed by atoms with Gasteiger partial charge in [0.15, 0.2) is 17.5 Å². The fourth-order valence-corrected chi connectivity index (χ4v) is 9.19. The highest BCUT2D eigenvalue weighted by atomic mass is 15.0. The molecule has 4 heteroatoms. The van der Waals surface area contributed by atoms with Gasteiger partial charge in [0.2, 0.25) is 0 Å². The van der Waals surface area contributed by atoms with Gasteiger partial charge in [0.1, 0.15) is 0 Å². The number of benzene rings is 10. The average Bonchev–Trinajstić information content (AvgIpc) is 3.71. The van der Waals surface area contributed by atoms with Crippen molar-refractivity contribution in [1.29, 1.82) is 0 Å². The van der Waals surface area contributed by atoms with Crippen molar-refractivity contribution in [1.82, 2.24) is 19.5 Å². The lowest BCUT2D eigenvalue weighted by atomic mass is 9.92. The fourth-order valence-electron chi connectivity index (χ4n) is 9.19. The normalized spacial score (nSPS) is 11.5. The summed E-state index contributed by atoms with van der Waals surface area (Å²) in [7, 11) is 0. The van der Waals surface area contributed by atoms with E-state index in [1.54, 1.807) is 0 Å². The number of hydrogen-bond donors (Lipinski definition) is 0. The third-order valence-corrected chi connectivity index (χ3v) is 12.2. The zero-order valence-corrected chi connectivity index (χ0v) is 34.2. The second-order valence-electron chi connectivity index (χ2n) is 16.0. The van der Waals surface area contributed by atoms with Gasteiger partial charge in [0.05, 0.1) is 11.0 Å². The van der Waals surface area contributed by atoms with E-state index in [9.17, 15) is 0 Å². The molecule has 0 atom stereocenters. The third kappa shape index (κ3) is 6.53. The van der Waals surface area contributed by atoms with Gasteiger partial charge < -0.3 is 4.57 Å². The van der Waals surface area contributed by atoms with Gasteiger partial charge in [-0.05, 0) is 97.4 Å². The SMILES string of the molecule is c1ccc(-c2cccc(-c3ccc(-c4nc(-c5cccc(-c6cc7ccccc7c7ccccc67)c5)nc(-c5cccc(-n6c7ccccc7c7ccccc76)c5)n4)cc3)c2)cc1. The number of aromatic nitrogens is 4. The van der Waals surface area contributed by atoms with E-state index in [2.05, 4.69) is 235 Å². The van der Waals surface area contributed by atoms with Crippen LogP contribution in [0, 0.1) is 0 Å². The Hall–Kier alpha value is -8.47. The van der Waals surface area contributed by atoms with Crippen LogP contribution >= 0.6 is 0 Å². The van der Waals surface area contributed by atoms with Crippen molar-refractivity contribution < 1.29 is 0 Å². The summed E-state index contributed by atoms with van der Waals surface area (Å²) in [5.41, 5.74) is 13.0. The maximum Gasteiger partial charge on any atom is 0.164 e. The first-order chi connectivity index (χ1) is 31.2. The topological polar surface area (TPSA) is 43.6 Å². The molecule has 0 saturated heterocycles.